The minimum absolute atomic E-state index is 0.733. The Hall–Kier alpha value is 0.0500. The van der Waals surface area contributed by atoms with E-state index < -0.39 is 0 Å². The predicted octanol–water partition coefficient (Wildman–Crippen LogP) is 3.42. The summed E-state index contributed by atoms with van der Waals surface area (Å²) < 4.78 is 0. The first-order valence-electron chi connectivity index (χ1n) is 5.67. The van der Waals surface area contributed by atoms with Crippen LogP contribution in [-0.2, 0) is 0 Å². The van der Waals surface area contributed by atoms with Gasteiger partial charge in [-0.1, -0.05) is 18.6 Å². The quantitative estimate of drug-likeness (QED) is 0.702. The van der Waals surface area contributed by atoms with E-state index in [-0.39, 0.29) is 0 Å². The van der Waals surface area contributed by atoms with Crippen molar-refractivity contribution in [1.29, 1.82) is 0 Å². The topological polar surface area (TPSA) is 12.0 Å². The summed E-state index contributed by atoms with van der Waals surface area (Å²) >= 11 is 2.08. The van der Waals surface area contributed by atoms with E-state index in [4.69, 9.17) is 0 Å². The zero-order chi connectivity index (χ0) is 10.4. The maximum atomic E-state index is 3.53. The van der Waals surface area contributed by atoms with Gasteiger partial charge in [0.2, 0.25) is 0 Å². The van der Waals surface area contributed by atoms with Gasteiger partial charge in [-0.05, 0) is 39.0 Å². The minimum atomic E-state index is 0.733. The van der Waals surface area contributed by atoms with Crippen LogP contribution in [0.3, 0.4) is 0 Å². The molecule has 0 radical (unpaired) electrons. The van der Waals surface area contributed by atoms with Crippen molar-refractivity contribution < 1.29 is 0 Å². The fourth-order valence-corrected chi connectivity index (χ4v) is 2.99. The molecule has 0 aromatic rings. The molecular weight excluding hydrogens is 190 g/mol. The van der Waals surface area contributed by atoms with Crippen molar-refractivity contribution in [2.45, 2.75) is 45.4 Å². The smallest absolute Gasteiger partial charge is 0.0535 e. The van der Waals surface area contributed by atoms with Crippen LogP contribution in [0.1, 0.15) is 40.0 Å². The molecular formula is C12H23NS. The Morgan fingerprint density at radius 2 is 2.36 bits per heavy atom. The fourth-order valence-electron chi connectivity index (χ4n) is 1.77. The molecule has 0 spiro atoms. The van der Waals surface area contributed by atoms with Crippen LogP contribution in [0.2, 0.25) is 0 Å². The molecule has 0 aromatic carbocycles. The number of nitrogens with one attached hydrogen (secondary N) is 1. The molecule has 82 valence electrons. The van der Waals surface area contributed by atoms with E-state index in [0.717, 1.165) is 11.3 Å². The molecule has 1 rings (SSSR count). The molecule has 1 aliphatic rings. The van der Waals surface area contributed by atoms with Crippen LogP contribution in [0.5, 0.6) is 0 Å². The van der Waals surface area contributed by atoms with Gasteiger partial charge in [0.25, 0.3) is 0 Å². The second-order valence-electron chi connectivity index (χ2n) is 4.51. The minimum Gasteiger partial charge on any atom is -0.305 e. The molecule has 0 aliphatic carbocycles. The van der Waals surface area contributed by atoms with Gasteiger partial charge in [-0.15, -0.1) is 11.8 Å². The van der Waals surface area contributed by atoms with Crippen molar-refractivity contribution in [2.24, 2.45) is 5.92 Å². The third-order valence-electron chi connectivity index (χ3n) is 2.62. The molecule has 1 N–H and O–H groups in total. The standard InChI is InChI=1S/C12H23NS/c1-10(2)5-4-6-11(3)9-12-13-7-8-14-12/h5,11-13H,4,6-9H2,1-3H3. The molecule has 1 nitrogen and oxygen atoms in total. The molecule has 1 heterocycles. The first-order valence-corrected chi connectivity index (χ1v) is 6.71. The van der Waals surface area contributed by atoms with Crippen LogP contribution in [0, 0.1) is 5.92 Å². The molecule has 2 unspecified atom stereocenters. The van der Waals surface area contributed by atoms with E-state index >= 15 is 0 Å². The maximum absolute atomic E-state index is 3.53. The lowest BCUT2D eigenvalue weighted by molar-refractivity contribution is 0.466. The van der Waals surface area contributed by atoms with Crippen molar-refractivity contribution in [3.05, 3.63) is 11.6 Å². The van der Waals surface area contributed by atoms with Crippen LogP contribution in [0.4, 0.5) is 0 Å². The van der Waals surface area contributed by atoms with Crippen molar-refractivity contribution in [3.8, 4) is 0 Å². The van der Waals surface area contributed by atoms with Crippen molar-refractivity contribution in [1.82, 2.24) is 5.32 Å². The van der Waals surface area contributed by atoms with Gasteiger partial charge >= 0.3 is 0 Å². The molecule has 2 atom stereocenters. The van der Waals surface area contributed by atoms with Gasteiger partial charge < -0.3 is 5.32 Å². The number of hydrogen-bond acceptors (Lipinski definition) is 2. The number of rotatable bonds is 5. The van der Waals surface area contributed by atoms with Gasteiger partial charge in [-0.3, -0.25) is 0 Å². The van der Waals surface area contributed by atoms with Crippen LogP contribution < -0.4 is 5.32 Å². The van der Waals surface area contributed by atoms with Crippen molar-refractivity contribution >= 4 is 11.8 Å². The van der Waals surface area contributed by atoms with Gasteiger partial charge in [0.15, 0.2) is 0 Å². The fraction of sp³-hybridized carbons (Fsp3) is 0.833. The Morgan fingerprint density at radius 1 is 1.57 bits per heavy atom. The number of thioether (sulfide) groups is 1. The lowest BCUT2D eigenvalue weighted by atomic mass is 10.0. The first-order chi connectivity index (χ1) is 6.68. The highest BCUT2D eigenvalue weighted by Gasteiger charge is 2.16. The third-order valence-corrected chi connectivity index (χ3v) is 3.82. The molecule has 2 heteroatoms. The predicted molar refractivity (Wildman–Crippen MR) is 66.7 cm³/mol. The highest BCUT2D eigenvalue weighted by Crippen LogP contribution is 2.23. The van der Waals surface area contributed by atoms with Gasteiger partial charge in [0, 0.05) is 12.3 Å². The molecule has 0 amide bonds. The summed E-state index contributed by atoms with van der Waals surface area (Å²) in [5.74, 6) is 2.15. The third kappa shape index (κ3) is 5.06. The molecule has 1 fully saturated rings. The van der Waals surface area contributed by atoms with E-state index in [2.05, 4.69) is 43.9 Å². The van der Waals surface area contributed by atoms with Crippen molar-refractivity contribution in [2.75, 3.05) is 12.3 Å². The van der Waals surface area contributed by atoms with E-state index in [1.807, 2.05) is 0 Å². The molecule has 0 saturated carbocycles. The lowest BCUT2D eigenvalue weighted by Gasteiger charge is -2.15. The summed E-state index contributed by atoms with van der Waals surface area (Å²) in [5, 5.41) is 4.27. The largest absolute Gasteiger partial charge is 0.305 e. The Labute approximate surface area is 92.7 Å². The van der Waals surface area contributed by atoms with Crippen LogP contribution in [-0.4, -0.2) is 17.7 Å². The zero-order valence-corrected chi connectivity index (χ0v) is 10.5. The van der Waals surface area contributed by atoms with Crippen LogP contribution in [0.25, 0.3) is 0 Å². The SMILES string of the molecule is CC(C)=CCCC(C)CC1NCCS1. The summed E-state index contributed by atoms with van der Waals surface area (Å²) in [6.07, 6.45) is 6.28. The average Bonchev–Trinajstić information content (AvgIpc) is 2.56. The summed E-state index contributed by atoms with van der Waals surface area (Å²) in [7, 11) is 0. The Bertz CT molecular complexity index is 179. The average molecular weight is 213 g/mol. The van der Waals surface area contributed by atoms with E-state index in [1.165, 1.54) is 37.1 Å². The van der Waals surface area contributed by atoms with Crippen LogP contribution >= 0.6 is 11.8 Å². The highest BCUT2D eigenvalue weighted by atomic mass is 32.2. The van der Waals surface area contributed by atoms with Gasteiger partial charge in [-0.25, -0.2) is 0 Å². The molecule has 1 saturated heterocycles. The van der Waals surface area contributed by atoms with Crippen molar-refractivity contribution in [3.63, 3.8) is 0 Å². The Kier molecular flexibility index (Phi) is 5.64. The summed E-state index contributed by atoms with van der Waals surface area (Å²) in [4.78, 5) is 0. The normalized spacial score (nSPS) is 23.5. The first kappa shape index (κ1) is 12.1. The van der Waals surface area contributed by atoms with E-state index in [9.17, 15) is 0 Å². The maximum Gasteiger partial charge on any atom is 0.0535 e. The van der Waals surface area contributed by atoms with Gasteiger partial charge in [0.1, 0.15) is 0 Å². The zero-order valence-electron chi connectivity index (χ0n) is 9.68. The Morgan fingerprint density at radius 3 is 2.93 bits per heavy atom. The second kappa shape index (κ2) is 6.52. The monoisotopic (exact) mass is 213 g/mol. The highest BCUT2D eigenvalue weighted by molar-refractivity contribution is 8.00. The molecule has 1 aliphatic heterocycles. The summed E-state index contributed by atoms with van der Waals surface area (Å²) in [6.45, 7) is 7.94. The lowest BCUT2D eigenvalue weighted by Crippen LogP contribution is -2.21. The van der Waals surface area contributed by atoms with E-state index in [0.29, 0.717) is 0 Å². The summed E-state index contributed by atoms with van der Waals surface area (Å²) in [6, 6.07) is 0. The Balaban J connectivity index is 2.09. The van der Waals surface area contributed by atoms with E-state index in [1.54, 1.807) is 0 Å². The summed E-state index contributed by atoms with van der Waals surface area (Å²) in [5.41, 5.74) is 1.45. The number of hydrogen-bond donors (Lipinski definition) is 1. The number of allylic oxidation sites excluding steroid dienone is 2. The van der Waals surface area contributed by atoms with Gasteiger partial charge in [0.05, 0.1) is 5.37 Å². The molecule has 0 bridgehead atoms. The van der Waals surface area contributed by atoms with Crippen LogP contribution in [0.15, 0.2) is 11.6 Å². The second-order valence-corrected chi connectivity index (χ2v) is 5.82. The van der Waals surface area contributed by atoms with Gasteiger partial charge in [-0.2, -0.15) is 0 Å². The molecule has 0 aromatic heterocycles. The molecule has 14 heavy (non-hydrogen) atoms.